The molecule has 0 amide bonds. The van der Waals surface area contributed by atoms with Gasteiger partial charge in [0, 0.05) is 33.6 Å². The molecule has 0 unspecified atom stereocenters. The molecule has 6 rings (SSSR count). The van der Waals surface area contributed by atoms with Crippen LogP contribution in [-0.2, 0) is 17.1 Å². The molecule has 0 saturated heterocycles. The molecule has 2 heterocycles. The molecule has 2 aromatic carbocycles. The molecule has 8 nitrogen and oxygen atoms in total. The van der Waals surface area contributed by atoms with E-state index in [1.54, 1.807) is 12.1 Å². The third-order valence-electron chi connectivity index (χ3n) is 7.74. The Bertz CT molecular complexity index is 1440. The van der Waals surface area contributed by atoms with Gasteiger partial charge in [-0.05, 0) is 72.8 Å². The molecule has 0 atom stereocenters. The molecule has 249 valence electrons. The van der Waals surface area contributed by atoms with E-state index in [2.05, 4.69) is 30.6 Å². The summed E-state index contributed by atoms with van der Waals surface area (Å²) in [7, 11) is 0. The second kappa shape index (κ2) is 19.8. The fraction of sp³-hybridized carbons (Fsp3) is 0.333. The Balaban J connectivity index is 0.000000208. The van der Waals surface area contributed by atoms with E-state index < -0.39 is 0 Å². The van der Waals surface area contributed by atoms with E-state index in [0.29, 0.717) is 33.8 Å². The van der Waals surface area contributed by atoms with Gasteiger partial charge in [-0.3, -0.25) is 0 Å². The Hall–Kier alpha value is -3.76. The van der Waals surface area contributed by atoms with Crippen LogP contribution in [0.15, 0.2) is 116 Å². The maximum absolute atomic E-state index is 12.3. The number of guanidine groups is 2. The largest absolute Gasteiger partial charge is 2.00 e. The van der Waals surface area contributed by atoms with Gasteiger partial charge in [0.15, 0.2) is 0 Å². The zero-order chi connectivity index (χ0) is 31.8. The SMILES string of the molecule is [Cu+2].[O-]/C(=N\C(=Nc1ccccc1)NC1CCCCC1)c1cccs1.[O-]/C(=N\C(=Nc1ccccc1)NC1CCCCC1)c1cccs1. The summed E-state index contributed by atoms with van der Waals surface area (Å²) in [5.74, 6) is 0.360. The fourth-order valence-corrected chi connectivity index (χ4v) is 6.61. The van der Waals surface area contributed by atoms with Crippen molar-refractivity contribution in [2.24, 2.45) is 20.0 Å². The minimum atomic E-state index is -0.238. The first-order chi connectivity index (χ1) is 22.6. The zero-order valence-corrected chi connectivity index (χ0v) is 28.8. The van der Waals surface area contributed by atoms with Gasteiger partial charge in [-0.15, -0.1) is 22.7 Å². The number of nitrogens with one attached hydrogen (secondary N) is 2. The van der Waals surface area contributed by atoms with Crippen LogP contribution in [0.3, 0.4) is 0 Å². The molecule has 2 fully saturated rings. The Labute approximate surface area is 296 Å². The van der Waals surface area contributed by atoms with Crippen LogP contribution in [0.5, 0.6) is 0 Å². The summed E-state index contributed by atoms with van der Waals surface area (Å²) in [5, 5.41) is 35.0. The molecule has 2 N–H and O–H groups in total. The number of thiophene rings is 2. The van der Waals surface area contributed by atoms with Crippen molar-refractivity contribution in [3.05, 3.63) is 105 Å². The Morgan fingerprint density at radius 1 is 0.532 bits per heavy atom. The first-order valence-electron chi connectivity index (χ1n) is 16.0. The molecule has 47 heavy (non-hydrogen) atoms. The average molecular weight is 716 g/mol. The van der Waals surface area contributed by atoms with Gasteiger partial charge in [0.2, 0.25) is 11.9 Å². The molecule has 0 spiro atoms. The molecule has 2 aliphatic rings. The summed E-state index contributed by atoms with van der Waals surface area (Å²) in [6.07, 6.45) is 11.9. The van der Waals surface area contributed by atoms with E-state index >= 15 is 0 Å². The molecule has 1 radical (unpaired) electrons. The molecule has 0 aliphatic heterocycles. The number of hydrogen-bond acceptors (Lipinski definition) is 6. The van der Waals surface area contributed by atoms with Crippen LogP contribution in [0.2, 0.25) is 0 Å². The molecule has 2 saturated carbocycles. The number of benzene rings is 2. The molecule has 11 heteroatoms. The van der Waals surface area contributed by atoms with Crippen LogP contribution in [0.1, 0.15) is 74.0 Å². The molecular formula is C36H40CuN6O2S2. The van der Waals surface area contributed by atoms with Gasteiger partial charge in [0.05, 0.1) is 11.4 Å². The molecule has 0 bridgehead atoms. The van der Waals surface area contributed by atoms with Gasteiger partial charge < -0.3 is 20.8 Å². The van der Waals surface area contributed by atoms with E-state index in [-0.39, 0.29) is 28.9 Å². The van der Waals surface area contributed by atoms with Crippen LogP contribution in [-0.4, -0.2) is 35.8 Å². The van der Waals surface area contributed by atoms with E-state index in [4.69, 9.17) is 0 Å². The van der Waals surface area contributed by atoms with Gasteiger partial charge in [0.25, 0.3) is 0 Å². The molecular weight excluding hydrogens is 676 g/mol. The fourth-order valence-electron chi connectivity index (χ4n) is 5.39. The van der Waals surface area contributed by atoms with Gasteiger partial charge >= 0.3 is 17.1 Å². The number of nitrogens with zero attached hydrogens (tertiary/aromatic N) is 4. The first-order valence-corrected chi connectivity index (χ1v) is 17.8. The summed E-state index contributed by atoms with van der Waals surface area (Å²) >= 11 is 2.80. The topological polar surface area (TPSA) is 120 Å². The van der Waals surface area contributed by atoms with Crippen molar-refractivity contribution in [1.82, 2.24) is 10.6 Å². The number of hydrogen-bond donors (Lipinski definition) is 2. The minimum Gasteiger partial charge on any atom is -0.858 e. The summed E-state index contributed by atoms with van der Waals surface area (Å²) in [4.78, 5) is 18.8. The maximum atomic E-state index is 12.3. The smallest absolute Gasteiger partial charge is 0.858 e. The van der Waals surface area contributed by atoms with Crippen LogP contribution in [0.4, 0.5) is 11.4 Å². The molecule has 2 aliphatic carbocycles. The number of rotatable bonds is 6. The zero-order valence-electron chi connectivity index (χ0n) is 26.2. The van der Waals surface area contributed by atoms with Crippen molar-refractivity contribution in [2.75, 3.05) is 0 Å². The maximum Gasteiger partial charge on any atom is 2.00 e. The van der Waals surface area contributed by atoms with Gasteiger partial charge in [-0.25, -0.2) is 20.0 Å². The monoisotopic (exact) mass is 715 g/mol. The van der Waals surface area contributed by atoms with E-state index in [0.717, 1.165) is 37.1 Å². The predicted octanol–water partition coefficient (Wildman–Crippen LogP) is 6.93. The first kappa shape index (κ1) is 36.1. The van der Waals surface area contributed by atoms with Crippen LogP contribution in [0, 0.1) is 0 Å². The molecule has 2 aromatic heterocycles. The second-order valence-corrected chi connectivity index (χ2v) is 13.2. The Morgan fingerprint density at radius 3 is 1.26 bits per heavy atom. The average Bonchev–Trinajstić information content (AvgIpc) is 3.83. The standard InChI is InChI=1S/2C18H21N3OS.Cu/c2*22-17(16-12-7-13-23-16)21-18(19-14-8-3-1-4-9-14)20-15-10-5-2-6-11-15;/h2*1,3-4,7-9,12-13,15H,2,5-6,10-11H2,(H2,19,20,21,22);/q;;+2/p-2. The van der Waals surface area contributed by atoms with E-state index in [1.807, 2.05) is 83.6 Å². The summed E-state index contributed by atoms with van der Waals surface area (Å²) in [5.41, 5.74) is 1.60. The van der Waals surface area contributed by atoms with Crippen LogP contribution in [0.25, 0.3) is 0 Å². The third-order valence-corrected chi connectivity index (χ3v) is 9.45. The van der Waals surface area contributed by atoms with Crippen molar-refractivity contribution in [3.8, 4) is 0 Å². The Kier molecular flexibility index (Phi) is 15.2. The summed E-state index contributed by atoms with van der Waals surface area (Å²) in [6, 6.07) is 27.2. The van der Waals surface area contributed by atoms with Crippen molar-refractivity contribution >= 4 is 57.8 Å². The molecule has 4 aromatic rings. The summed E-state index contributed by atoms with van der Waals surface area (Å²) in [6.45, 7) is 0. The van der Waals surface area contributed by atoms with Gasteiger partial charge in [-0.2, -0.15) is 0 Å². The van der Waals surface area contributed by atoms with Crippen molar-refractivity contribution in [1.29, 1.82) is 0 Å². The van der Waals surface area contributed by atoms with E-state index in [1.165, 1.54) is 61.2 Å². The normalized spacial score (nSPS) is 16.9. The van der Waals surface area contributed by atoms with Crippen molar-refractivity contribution in [3.63, 3.8) is 0 Å². The predicted molar refractivity (Wildman–Crippen MR) is 189 cm³/mol. The Morgan fingerprint density at radius 2 is 0.915 bits per heavy atom. The number of aliphatic imine (C=N–C) groups is 4. The van der Waals surface area contributed by atoms with E-state index in [9.17, 15) is 10.2 Å². The third kappa shape index (κ3) is 12.4. The van der Waals surface area contributed by atoms with Gasteiger partial charge in [-0.1, -0.05) is 87.1 Å². The number of para-hydroxylation sites is 2. The minimum absolute atomic E-state index is 0. The van der Waals surface area contributed by atoms with Crippen LogP contribution < -0.4 is 20.8 Å². The van der Waals surface area contributed by atoms with Crippen molar-refractivity contribution in [2.45, 2.75) is 76.3 Å². The van der Waals surface area contributed by atoms with Crippen LogP contribution >= 0.6 is 22.7 Å². The summed E-state index contributed by atoms with van der Waals surface area (Å²) < 4.78 is 0. The van der Waals surface area contributed by atoms with Crippen molar-refractivity contribution < 1.29 is 27.3 Å². The second-order valence-electron chi connectivity index (χ2n) is 11.3. The van der Waals surface area contributed by atoms with Gasteiger partial charge in [0.1, 0.15) is 0 Å². The quantitative estimate of drug-likeness (QED) is 0.128.